The number of imidazole rings is 1. The van der Waals surface area contributed by atoms with Gasteiger partial charge in [0.05, 0.1) is 24.2 Å². The lowest BCUT2D eigenvalue weighted by Gasteiger charge is -2.32. The fourth-order valence-electron chi connectivity index (χ4n) is 5.46. The highest BCUT2D eigenvalue weighted by molar-refractivity contribution is 6.04. The minimum Gasteiger partial charge on any atom is -0.493 e. The van der Waals surface area contributed by atoms with Crippen molar-refractivity contribution in [2.45, 2.75) is 12.8 Å². The molecule has 0 spiro atoms. The molecular weight excluding hydrogens is 540 g/mol. The van der Waals surface area contributed by atoms with Gasteiger partial charge in [-0.15, -0.1) is 12.4 Å². The lowest BCUT2D eigenvalue weighted by molar-refractivity contribution is 0.133. The maximum Gasteiger partial charge on any atom is 0.161 e. The van der Waals surface area contributed by atoms with Crippen LogP contribution in [0.3, 0.4) is 0 Å². The minimum atomic E-state index is 0. The summed E-state index contributed by atoms with van der Waals surface area (Å²) in [7, 11) is 3.83. The molecular formula is C31H35ClN6O3. The Morgan fingerprint density at radius 1 is 0.927 bits per heavy atom. The fraction of sp³-hybridized carbons (Fsp3) is 0.323. The second-order valence-corrected chi connectivity index (χ2v) is 10.3. The first-order valence-corrected chi connectivity index (χ1v) is 13.7. The first-order chi connectivity index (χ1) is 19.6. The molecule has 2 N–H and O–H groups in total. The molecule has 0 radical (unpaired) electrons. The van der Waals surface area contributed by atoms with Crippen LogP contribution in [0.4, 0.5) is 0 Å². The van der Waals surface area contributed by atoms with Gasteiger partial charge in [-0.05, 0) is 61.9 Å². The average molecular weight is 575 g/mol. The Morgan fingerprint density at radius 3 is 2.46 bits per heavy atom. The number of nitrogens with zero attached hydrogens (tertiary/aromatic N) is 5. The van der Waals surface area contributed by atoms with Gasteiger partial charge in [0.2, 0.25) is 0 Å². The van der Waals surface area contributed by atoms with Crippen molar-refractivity contribution in [1.29, 1.82) is 0 Å². The van der Waals surface area contributed by atoms with E-state index in [1.807, 2.05) is 42.5 Å². The van der Waals surface area contributed by atoms with E-state index in [-0.39, 0.29) is 12.4 Å². The number of aromatic nitrogens is 3. The number of H-pyrrole nitrogens is 1. The van der Waals surface area contributed by atoms with Gasteiger partial charge in [0.15, 0.2) is 11.5 Å². The molecule has 0 saturated carbocycles. The summed E-state index contributed by atoms with van der Waals surface area (Å²) in [5.74, 6) is 2.14. The van der Waals surface area contributed by atoms with Crippen LogP contribution in [-0.2, 0) is 6.42 Å². The number of aromatic amines is 1. The standard InChI is InChI=1S/C31H34N6O3.ClH/c1-36-13-15-37(16-14-36)17-18-40-27-8-5-24(20-28(27)39-2)31-33-29(21-9-11-32-12-10-21)30(34-31)23-3-6-25-22(19-23)4-7-26(25)35-38;/h3,5-6,8-12,19-20,38H,4,7,13-18H2,1-2H3,(H,33,34);1H/b35-26-;. The number of ether oxygens (including phenoxy) is 2. The Labute approximate surface area is 246 Å². The van der Waals surface area contributed by atoms with Crippen LogP contribution < -0.4 is 9.47 Å². The summed E-state index contributed by atoms with van der Waals surface area (Å²) in [6.07, 6.45) is 5.15. The van der Waals surface area contributed by atoms with Crippen LogP contribution in [-0.4, -0.2) is 89.2 Å². The highest BCUT2D eigenvalue weighted by Gasteiger charge is 2.22. The number of hydrogen-bond acceptors (Lipinski definition) is 8. The van der Waals surface area contributed by atoms with Crippen LogP contribution in [0.15, 0.2) is 66.1 Å². The number of benzene rings is 2. The van der Waals surface area contributed by atoms with Crippen LogP contribution in [0.5, 0.6) is 11.5 Å². The zero-order valence-corrected chi connectivity index (χ0v) is 24.2. The number of aryl methyl sites for hydroxylation is 1. The van der Waals surface area contributed by atoms with Gasteiger partial charge in [0.25, 0.3) is 0 Å². The second kappa shape index (κ2) is 12.7. The Bertz CT molecular complexity index is 1520. The Balaban J connectivity index is 0.00000337. The van der Waals surface area contributed by atoms with Crippen LogP contribution in [0.1, 0.15) is 17.5 Å². The number of fused-ring (bicyclic) bond motifs is 1. The van der Waals surface area contributed by atoms with Crippen molar-refractivity contribution in [3.63, 3.8) is 0 Å². The Kier molecular flexibility index (Phi) is 8.87. The maximum absolute atomic E-state index is 9.34. The molecule has 3 heterocycles. The van der Waals surface area contributed by atoms with Gasteiger partial charge in [-0.25, -0.2) is 4.98 Å². The van der Waals surface area contributed by atoms with E-state index >= 15 is 0 Å². The summed E-state index contributed by atoms with van der Waals surface area (Å²) in [4.78, 5) is 17.6. The molecule has 0 amide bonds. The number of pyridine rings is 1. The Morgan fingerprint density at radius 2 is 1.71 bits per heavy atom. The van der Waals surface area contributed by atoms with Gasteiger partial charge < -0.3 is 24.6 Å². The summed E-state index contributed by atoms with van der Waals surface area (Å²) in [6, 6.07) is 16.1. The van der Waals surface area contributed by atoms with Gasteiger partial charge in [-0.2, -0.15) is 0 Å². The number of halogens is 1. The molecule has 0 atom stereocenters. The zero-order chi connectivity index (χ0) is 27.5. The third kappa shape index (κ3) is 6.07. The SMILES string of the molecule is COc1cc(-c2nc(-c3ccc4c(c3)CC/C4=N/O)c(-c3ccncc3)[nH]2)ccc1OCCN1CCN(C)CC1.Cl. The number of rotatable bonds is 8. The van der Waals surface area contributed by atoms with Crippen LogP contribution in [0.2, 0.25) is 0 Å². The zero-order valence-electron chi connectivity index (χ0n) is 23.3. The molecule has 1 aliphatic heterocycles. The molecule has 6 rings (SSSR count). The summed E-state index contributed by atoms with van der Waals surface area (Å²) < 4.78 is 11.8. The third-order valence-corrected chi connectivity index (χ3v) is 7.81. The monoisotopic (exact) mass is 574 g/mol. The second-order valence-electron chi connectivity index (χ2n) is 10.3. The molecule has 0 unspecified atom stereocenters. The number of piperazine rings is 1. The van der Waals surface area contributed by atoms with Crippen LogP contribution in [0, 0.1) is 0 Å². The lowest BCUT2D eigenvalue weighted by atomic mass is 10.0. The van der Waals surface area contributed by atoms with E-state index in [2.05, 4.69) is 38.0 Å². The van der Waals surface area contributed by atoms with Gasteiger partial charge in [0, 0.05) is 67.4 Å². The minimum absolute atomic E-state index is 0. The van der Waals surface area contributed by atoms with Crippen molar-refractivity contribution in [3.05, 3.63) is 72.1 Å². The molecule has 10 heteroatoms. The maximum atomic E-state index is 9.34. The number of hydrogen-bond donors (Lipinski definition) is 2. The van der Waals surface area contributed by atoms with Crippen LogP contribution in [0.25, 0.3) is 33.9 Å². The van der Waals surface area contributed by atoms with Gasteiger partial charge in [-0.1, -0.05) is 17.3 Å². The van der Waals surface area contributed by atoms with E-state index in [4.69, 9.17) is 14.5 Å². The van der Waals surface area contributed by atoms with Gasteiger partial charge in [-0.3, -0.25) is 9.88 Å². The van der Waals surface area contributed by atoms with E-state index in [1.165, 1.54) is 0 Å². The summed E-state index contributed by atoms with van der Waals surface area (Å²) in [5.41, 5.74) is 7.57. The first-order valence-electron chi connectivity index (χ1n) is 13.7. The molecule has 4 aromatic rings. The van der Waals surface area contributed by atoms with Crippen molar-refractivity contribution >= 4 is 18.1 Å². The molecule has 9 nitrogen and oxygen atoms in total. The number of methoxy groups -OCH3 is 1. The molecule has 2 aromatic carbocycles. The lowest BCUT2D eigenvalue weighted by Crippen LogP contribution is -2.45. The predicted octanol–water partition coefficient (Wildman–Crippen LogP) is 4.99. The molecule has 2 aromatic heterocycles. The topological polar surface area (TPSA) is 99.1 Å². The normalized spacial score (nSPS) is 16.4. The molecule has 214 valence electrons. The molecule has 1 fully saturated rings. The molecule has 1 aliphatic carbocycles. The van der Waals surface area contributed by atoms with E-state index in [9.17, 15) is 5.21 Å². The smallest absolute Gasteiger partial charge is 0.161 e. The van der Waals surface area contributed by atoms with Gasteiger partial charge >= 0.3 is 0 Å². The van der Waals surface area contributed by atoms with Crippen molar-refractivity contribution in [1.82, 2.24) is 24.8 Å². The summed E-state index contributed by atoms with van der Waals surface area (Å²) in [6.45, 7) is 5.82. The highest BCUT2D eigenvalue weighted by Crippen LogP contribution is 2.37. The largest absolute Gasteiger partial charge is 0.493 e. The highest BCUT2D eigenvalue weighted by atomic mass is 35.5. The Hall–Kier alpha value is -3.92. The third-order valence-electron chi connectivity index (χ3n) is 7.81. The molecule has 0 bridgehead atoms. The van der Waals surface area contributed by atoms with E-state index in [1.54, 1.807) is 19.5 Å². The van der Waals surface area contributed by atoms with Gasteiger partial charge in [0.1, 0.15) is 12.4 Å². The fourth-order valence-corrected chi connectivity index (χ4v) is 5.46. The predicted molar refractivity (Wildman–Crippen MR) is 163 cm³/mol. The number of nitrogens with one attached hydrogen (secondary N) is 1. The average Bonchev–Trinajstić information content (AvgIpc) is 3.63. The quantitative estimate of drug-likeness (QED) is 0.226. The van der Waals surface area contributed by atoms with E-state index in [0.717, 1.165) is 102 Å². The molecule has 41 heavy (non-hydrogen) atoms. The summed E-state index contributed by atoms with van der Waals surface area (Å²) >= 11 is 0. The van der Waals surface area contributed by atoms with Crippen molar-refractivity contribution in [2.75, 3.05) is 53.5 Å². The van der Waals surface area contributed by atoms with E-state index in [0.29, 0.717) is 12.4 Å². The first kappa shape index (κ1) is 28.6. The molecule has 2 aliphatic rings. The summed E-state index contributed by atoms with van der Waals surface area (Å²) in [5, 5.41) is 12.8. The number of oxime groups is 1. The number of likely N-dealkylation sites (N-methyl/N-ethyl adjacent to an activating group) is 1. The van der Waals surface area contributed by atoms with E-state index < -0.39 is 0 Å². The van der Waals surface area contributed by atoms with Crippen molar-refractivity contribution < 1.29 is 14.7 Å². The van der Waals surface area contributed by atoms with Crippen molar-refractivity contribution in [2.24, 2.45) is 5.16 Å². The van der Waals surface area contributed by atoms with Crippen molar-refractivity contribution in [3.8, 4) is 45.4 Å². The van der Waals surface area contributed by atoms with Crippen LogP contribution >= 0.6 is 12.4 Å². The molecule has 1 saturated heterocycles.